The summed E-state index contributed by atoms with van der Waals surface area (Å²) in [4.78, 5) is 21.0. The topological polar surface area (TPSA) is 84.2 Å². The van der Waals surface area contributed by atoms with Crippen molar-refractivity contribution in [3.05, 3.63) is 16.4 Å². The quantitative estimate of drug-likeness (QED) is 0.661. The molecule has 1 saturated heterocycles. The third-order valence-electron chi connectivity index (χ3n) is 3.62. The van der Waals surface area contributed by atoms with Crippen LogP contribution in [0.2, 0.25) is 0 Å². The average molecular weight is 265 g/mol. The van der Waals surface area contributed by atoms with Crippen LogP contribution < -0.4 is 10.2 Å². The standard InChI is InChI=1S/C12H19N5O2/c1-4-13-11-10(17(18)19)12(15-7-14-11)16-5-8(2)9(3)6-16/h7-9H,4-6H2,1-3H3,(H,13,14,15). The second-order valence-corrected chi connectivity index (χ2v) is 5.04. The fraction of sp³-hybridized carbons (Fsp3) is 0.667. The highest BCUT2D eigenvalue weighted by Crippen LogP contribution is 2.35. The van der Waals surface area contributed by atoms with E-state index >= 15 is 0 Å². The van der Waals surface area contributed by atoms with Crippen molar-refractivity contribution < 1.29 is 4.92 Å². The van der Waals surface area contributed by atoms with Crippen molar-refractivity contribution in [3.63, 3.8) is 0 Å². The molecule has 2 atom stereocenters. The van der Waals surface area contributed by atoms with Gasteiger partial charge in [-0.25, -0.2) is 9.97 Å². The number of nitro groups is 1. The van der Waals surface area contributed by atoms with Crippen molar-refractivity contribution in [1.29, 1.82) is 0 Å². The average Bonchev–Trinajstić information content (AvgIpc) is 2.69. The fourth-order valence-electron chi connectivity index (χ4n) is 2.37. The minimum absolute atomic E-state index is 0.0225. The van der Waals surface area contributed by atoms with Crippen LogP contribution in [0.4, 0.5) is 17.3 Å². The number of hydrogen-bond acceptors (Lipinski definition) is 6. The van der Waals surface area contributed by atoms with Gasteiger partial charge in [0, 0.05) is 19.6 Å². The molecule has 1 N–H and O–H groups in total. The Kier molecular flexibility index (Phi) is 3.82. The Morgan fingerprint density at radius 1 is 1.42 bits per heavy atom. The first kappa shape index (κ1) is 13.5. The molecule has 1 aliphatic rings. The molecular formula is C12H19N5O2. The Labute approximate surface area is 112 Å². The number of aromatic nitrogens is 2. The number of nitrogens with one attached hydrogen (secondary N) is 1. The Morgan fingerprint density at radius 2 is 2.05 bits per heavy atom. The van der Waals surface area contributed by atoms with Crippen LogP contribution in [0.1, 0.15) is 20.8 Å². The molecule has 7 heteroatoms. The number of hydrogen-bond donors (Lipinski definition) is 1. The Balaban J connectivity index is 2.40. The van der Waals surface area contributed by atoms with Gasteiger partial charge in [0.1, 0.15) is 6.33 Å². The second kappa shape index (κ2) is 5.38. The van der Waals surface area contributed by atoms with Crippen molar-refractivity contribution >= 4 is 17.3 Å². The van der Waals surface area contributed by atoms with Gasteiger partial charge in [0.05, 0.1) is 4.92 Å². The van der Waals surface area contributed by atoms with Crippen LogP contribution >= 0.6 is 0 Å². The van der Waals surface area contributed by atoms with Crippen LogP contribution in [-0.2, 0) is 0 Å². The molecule has 1 aromatic heterocycles. The van der Waals surface area contributed by atoms with Crippen molar-refractivity contribution in [2.75, 3.05) is 29.9 Å². The van der Waals surface area contributed by atoms with Gasteiger partial charge in [-0.3, -0.25) is 10.1 Å². The van der Waals surface area contributed by atoms with Gasteiger partial charge in [-0.05, 0) is 18.8 Å². The molecule has 0 bridgehead atoms. The summed E-state index contributed by atoms with van der Waals surface area (Å²) in [6.45, 7) is 8.37. The first-order valence-corrected chi connectivity index (χ1v) is 6.52. The molecule has 2 rings (SSSR count). The minimum atomic E-state index is -0.402. The predicted molar refractivity (Wildman–Crippen MR) is 73.4 cm³/mol. The Hall–Kier alpha value is -1.92. The minimum Gasteiger partial charge on any atom is -0.364 e. The smallest absolute Gasteiger partial charge is 0.353 e. The number of nitrogens with zero attached hydrogens (tertiary/aromatic N) is 4. The zero-order chi connectivity index (χ0) is 14.0. The zero-order valence-electron chi connectivity index (χ0n) is 11.5. The van der Waals surface area contributed by atoms with Crippen LogP contribution in [0.5, 0.6) is 0 Å². The van der Waals surface area contributed by atoms with Gasteiger partial charge in [-0.1, -0.05) is 13.8 Å². The maximum Gasteiger partial charge on any atom is 0.353 e. The van der Waals surface area contributed by atoms with E-state index in [2.05, 4.69) is 29.1 Å². The maximum atomic E-state index is 11.3. The predicted octanol–water partition coefficient (Wildman–Crippen LogP) is 1.91. The highest BCUT2D eigenvalue weighted by atomic mass is 16.6. The highest BCUT2D eigenvalue weighted by Gasteiger charge is 2.33. The van der Waals surface area contributed by atoms with Crippen molar-refractivity contribution in [1.82, 2.24) is 9.97 Å². The molecule has 2 heterocycles. The van der Waals surface area contributed by atoms with E-state index in [1.54, 1.807) is 0 Å². The lowest BCUT2D eigenvalue weighted by Gasteiger charge is -2.17. The second-order valence-electron chi connectivity index (χ2n) is 5.04. The van der Waals surface area contributed by atoms with Crippen molar-refractivity contribution in [2.24, 2.45) is 11.8 Å². The van der Waals surface area contributed by atoms with Gasteiger partial charge in [0.15, 0.2) is 0 Å². The van der Waals surface area contributed by atoms with E-state index in [1.165, 1.54) is 6.33 Å². The lowest BCUT2D eigenvalue weighted by Crippen LogP contribution is -2.23. The molecule has 0 aliphatic carbocycles. The van der Waals surface area contributed by atoms with Gasteiger partial charge in [-0.2, -0.15) is 0 Å². The Bertz CT molecular complexity index is 469. The largest absolute Gasteiger partial charge is 0.364 e. The summed E-state index contributed by atoms with van der Waals surface area (Å²) in [5.41, 5.74) is -0.0225. The molecule has 1 fully saturated rings. The third-order valence-corrected chi connectivity index (χ3v) is 3.62. The normalized spacial score (nSPS) is 22.6. The zero-order valence-corrected chi connectivity index (χ0v) is 11.5. The van der Waals surface area contributed by atoms with Crippen LogP contribution in [0.25, 0.3) is 0 Å². The maximum absolute atomic E-state index is 11.3. The van der Waals surface area contributed by atoms with E-state index in [0.29, 0.717) is 30.0 Å². The lowest BCUT2D eigenvalue weighted by molar-refractivity contribution is -0.383. The van der Waals surface area contributed by atoms with Crippen molar-refractivity contribution in [3.8, 4) is 0 Å². The fourth-order valence-corrected chi connectivity index (χ4v) is 2.37. The highest BCUT2D eigenvalue weighted by molar-refractivity contribution is 5.70. The molecule has 0 spiro atoms. The SMILES string of the molecule is CCNc1ncnc(N2CC(C)C(C)C2)c1[N+](=O)[O-]. The molecule has 0 saturated carbocycles. The van der Waals surface area contributed by atoms with Gasteiger partial charge in [-0.15, -0.1) is 0 Å². The first-order valence-electron chi connectivity index (χ1n) is 6.52. The molecule has 104 valence electrons. The molecule has 19 heavy (non-hydrogen) atoms. The third kappa shape index (κ3) is 2.59. The summed E-state index contributed by atoms with van der Waals surface area (Å²) in [6, 6.07) is 0. The Morgan fingerprint density at radius 3 is 2.58 bits per heavy atom. The van der Waals surface area contributed by atoms with Gasteiger partial charge < -0.3 is 10.2 Å². The van der Waals surface area contributed by atoms with E-state index < -0.39 is 4.92 Å². The lowest BCUT2D eigenvalue weighted by atomic mass is 10.0. The molecule has 1 aromatic rings. The summed E-state index contributed by atoms with van der Waals surface area (Å²) < 4.78 is 0. The van der Waals surface area contributed by atoms with Crippen LogP contribution in [0, 0.1) is 22.0 Å². The van der Waals surface area contributed by atoms with Gasteiger partial charge in [0.25, 0.3) is 0 Å². The van der Waals surface area contributed by atoms with Crippen LogP contribution in [0.3, 0.4) is 0 Å². The summed E-state index contributed by atoms with van der Waals surface area (Å²) in [5.74, 6) is 1.74. The summed E-state index contributed by atoms with van der Waals surface area (Å²) >= 11 is 0. The van der Waals surface area contributed by atoms with E-state index in [4.69, 9.17) is 0 Å². The first-order chi connectivity index (χ1) is 9.04. The van der Waals surface area contributed by atoms with Crippen LogP contribution in [-0.4, -0.2) is 34.5 Å². The number of anilines is 2. The van der Waals surface area contributed by atoms with Gasteiger partial charge >= 0.3 is 5.69 Å². The summed E-state index contributed by atoms with van der Waals surface area (Å²) in [7, 11) is 0. The molecule has 2 unspecified atom stereocenters. The summed E-state index contributed by atoms with van der Waals surface area (Å²) in [5, 5.41) is 14.2. The van der Waals surface area contributed by atoms with E-state index in [9.17, 15) is 10.1 Å². The van der Waals surface area contributed by atoms with E-state index in [0.717, 1.165) is 13.1 Å². The molecule has 0 amide bonds. The number of rotatable bonds is 4. The molecule has 7 nitrogen and oxygen atoms in total. The van der Waals surface area contributed by atoms with Crippen molar-refractivity contribution in [2.45, 2.75) is 20.8 Å². The van der Waals surface area contributed by atoms with Gasteiger partial charge in [0.2, 0.25) is 11.6 Å². The monoisotopic (exact) mass is 265 g/mol. The van der Waals surface area contributed by atoms with Crippen LogP contribution in [0.15, 0.2) is 6.33 Å². The molecule has 0 aromatic carbocycles. The summed E-state index contributed by atoms with van der Waals surface area (Å²) in [6.07, 6.45) is 1.38. The molecule has 0 radical (unpaired) electrons. The van der Waals surface area contributed by atoms with E-state index in [1.807, 2.05) is 11.8 Å². The molecule has 1 aliphatic heterocycles. The van der Waals surface area contributed by atoms with E-state index in [-0.39, 0.29) is 5.69 Å². The molecular weight excluding hydrogens is 246 g/mol.